The number of alkyl halides is 3. The van der Waals surface area contributed by atoms with Gasteiger partial charge in [0.2, 0.25) is 0 Å². The number of aromatic nitrogens is 4. The number of nitrogens with zero attached hydrogens (tertiary/aromatic N) is 6. The minimum atomic E-state index is -4.60. The number of halogens is 3. The molecule has 1 aliphatic carbocycles. The number of carbonyl (C=O) groups is 1. The topological polar surface area (TPSA) is 76.4 Å². The minimum Gasteiger partial charge on any atom is -0.379 e. The first-order valence-corrected chi connectivity index (χ1v) is 13.3. The van der Waals surface area contributed by atoms with Crippen molar-refractivity contribution >= 4 is 11.7 Å². The van der Waals surface area contributed by atoms with Crippen LogP contribution >= 0.6 is 0 Å². The molecule has 11 heteroatoms. The van der Waals surface area contributed by atoms with Crippen molar-refractivity contribution in [3.63, 3.8) is 0 Å². The normalized spacial score (nSPS) is 21.4. The van der Waals surface area contributed by atoms with Gasteiger partial charge in [-0.05, 0) is 53.1 Å². The zero-order chi connectivity index (χ0) is 27.0. The molecule has 7 rings (SSSR count). The summed E-state index contributed by atoms with van der Waals surface area (Å²) in [7, 11) is 1.89. The van der Waals surface area contributed by atoms with Crippen LogP contribution in [0.1, 0.15) is 57.8 Å². The molecule has 0 bridgehead atoms. The Morgan fingerprint density at radius 1 is 1.10 bits per heavy atom. The van der Waals surface area contributed by atoms with E-state index in [-0.39, 0.29) is 23.7 Å². The SMILES string of the molecule is Cn1cnnc1CC1(c2ccc3c(c2)C(=O)N(c2cc(CN4CC5(CCC5)C4)cc(C(F)(F)F)n2)C3)COC1. The van der Waals surface area contributed by atoms with Crippen molar-refractivity contribution in [2.75, 3.05) is 31.2 Å². The molecule has 1 aromatic carbocycles. The summed E-state index contributed by atoms with van der Waals surface area (Å²) in [5, 5.41) is 8.17. The van der Waals surface area contributed by atoms with Crippen LogP contribution in [-0.2, 0) is 42.9 Å². The van der Waals surface area contributed by atoms with E-state index in [1.807, 2.05) is 29.8 Å². The third-order valence-electron chi connectivity index (χ3n) is 8.96. The lowest BCUT2D eigenvalue weighted by molar-refractivity contribution is -0.141. The summed E-state index contributed by atoms with van der Waals surface area (Å²) < 4.78 is 48.9. The second-order valence-corrected chi connectivity index (χ2v) is 11.8. The Hall–Kier alpha value is -3.31. The van der Waals surface area contributed by atoms with E-state index in [4.69, 9.17) is 4.74 Å². The zero-order valence-electron chi connectivity index (χ0n) is 21.7. The molecule has 1 amide bonds. The van der Waals surface area contributed by atoms with Crippen molar-refractivity contribution in [2.24, 2.45) is 12.5 Å². The number of anilines is 1. The van der Waals surface area contributed by atoms with Gasteiger partial charge in [-0.1, -0.05) is 18.6 Å². The summed E-state index contributed by atoms with van der Waals surface area (Å²) in [5.74, 6) is 0.524. The molecule has 204 valence electrons. The molecule has 1 saturated carbocycles. The number of carbonyl (C=O) groups excluding carboxylic acids is 1. The fraction of sp³-hybridized carbons (Fsp3) is 0.500. The lowest BCUT2D eigenvalue weighted by atomic mass is 9.63. The maximum absolute atomic E-state index is 13.8. The Kier molecular flexibility index (Phi) is 5.44. The number of benzene rings is 1. The van der Waals surface area contributed by atoms with Crippen LogP contribution in [0.3, 0.4) is 0 Å². The van der Waals surface area contributed by atoms with Gasteiger partial charge in [0.05, 0.1) is 19.8 Å². The molecule has 2 saturated heterocycles. The highest BCUT2D eigenvalue weighted by atomic mass is 19.4. The molecule has 4 aliphatic rings. The molecule has 1 spiro atoms. The number of fused-ring (bicyclic) bond motifs is 1. The van der Waals surface area contributed by atoms with E-state index in [0.717, 1.165) is 36.1 Å². The molecule has 5 heterocycles. The molecule has 0 atom stereocenters. The number of amides is 1. The first-order valence-electron chi connectivity index (χ1n) is 13.3. The Bertz CT molecular complexity index is 1450. The van der Waals surface area contributed by atoms with Crippen molar-refractivity contribution in [3.05, 3.63) is 70.4 Å². The van der Waals surface area contributed by atoms with Crippen molar-refractivity contribution in [1.29, 1.82) is 0 Å². The monoisotopic (exact) mass is 538 g/mol. The van der Waals surface area contributed by atoms with Crippen LogP contribution < -0.4 is 4.90 Å². The zero-order valence-corrected chi connectivity index (χ0v) is 21.7. The number of ether oxygens (including phenoxy) is 1. The van der Waals surface area contributed by atoms with E-state index in [0.29, 0.717) is 42.7 Å². The molecule has 8 nitrogen and oxygen atoms in total. The first-order chi connectivity index (χ1) is 18.6. The maximum Gasteiger partial charge on any atom is 0.433 e. The van der Waals surface area contributed by atoms with Gasteiger partial charge in [-0.15, -0.1) is 10.2 Å². The van der Waals surface area contributed by atoms with Crippen LogP contribution in [0.15, 0.2) is 36.7 Å². The predicted octanol–water partition coefficient (Wildman–Crippen LogP) is 3.89. The quantitative estimate of drug-likeness (QED) is 0.474. The molecular formula is C28H29F3N6O2. The summed E-state index contributed by atoms with van der Waals surface area (Å²) in [6, 6.07) is 8.50. The molecule has 0 N–H and O–H groups in total. The number of rotatable bonds is 6. The van der Waals surface area contributed by atoms with E-state index in [9.17, 15) is 18.0 Å². The van der Waals surface area contributed by atoms with Crippen LogP contribution in [0.5, 0.6) is 0 Å². The lowest BCUT2D eigenvalue weighted by Crippen LogP contribution is -2.58. The van der Waals surface area contributed by atoms with Gasteiger partial charge in [-0.2, -0.15) is 13.2 Å². The van der Waals surface area contributed by atoms with Gasteiger partial charge in [-0.25, -0.2) is 4.98 Å². The van der Waals surface area contributed by atoms with Gasteiger partial charge < -0.3 is 9.30 Å². The second-order valence-electron chi connectivity index (χ2n) is 11.8. The third-order valence-corrected chi connectivity index (χ3v) is 8.96. The van der Waals surface area contributed by atoms with Gasteiger partial charge >= 0.3 is 6.18 Å². The standard InChI is InChI=1S/C28H29F3N6O2/c1-35-17-32-34-24(35)10-27(15-39-16-27)20-4-3-19-12-37(25(38)21(19)9-20)23-8-18(7-22(33-23)28(29,30)31)11-36-13-26(14-36)5-2-6-26/h3-4,7-9,17H,2,5-6,10-16H2,1H3. The number of aryl methyl sites for hydroxylation is 1. The van der Waals surface area contributed by atoms with E-state index >= 15 is 0 Å². The molecule has 2 aromatic heterocycles. The summed E-state index contributed by atoms with van der Waals surface area (Å²) in [5.41, 5.74) is 1.82. The maximum atomic E-state index is 13.8. The predicted molar refractivity (Wildman–Crippen MR) is 135 cm³/mol. The molecular weight excluding hydrogens is 509 g/mol. The summed E-state index contributed by atoms with van der Waals surface area (Å²) in [6.45, 7) is 3.43. The molecule has 3 fully saturated rings. The van der Waals surface area contributed by atoms with E-state index < -0.39 is 11.9 Å². The summed E-state index contributed by atoms with van der Waals surface area (Å²) >= 11 is 0. The van der Waals surface area contributed by atoms with E-state index in [2.05, 4.69) is 20.1 Å². The highest BCUT2D eigenvalue weighted by Crippen LogP contribution is 2.48. The van der Waals surface area contributed by atoms with Crippen molar-refractivity contribution in [3.8, 4) is 0 Å². The summed E-state index contributed by atoms with van der Waals surface area (Å²) in [4.78, 5) is 21.0. The van der Waals surface area contributed by atoms with Gasteiger partial charge in [0, 0.05) is 44.1 Å². The summed E-state index contributed by atoms with van der Waals surface area (Å²) in [6.07, 6.45) is 1.29. The van der Waals surface area contributed by atoms with Gasteiger partial charge in [0.15, 0.2) is 0 Å². The van der Waals surface area contributed by atoms with Crippen molar-refractivity contribution in [1.82, 2.24) is 24.6 Å². The smallest absolute Gasteiger partial charge is 0.379 e. The molecule has 39 heavy (non-hydrogen) atoms. The fourth-order valence-corrected chi connectivity index (χ4v) is 6.52. The van der Waals surface area contributed by atoms with Crippen LogP contribution in [0.2, 0.25) is 0 Å². The van der Waals surface area contributed by atoms with Crippen LogP contribution in [-0.4, -0.2) is 56.9 Å². The molecule has 0 unspecified atom stereocenters. The largest absolute Gasteiger partial charge is 0.433 e. The fourth-order valence-electron chi connectivity index (χ4n) is 6.52. The average Bonchev–Trinajstić information content (AvgIpc) is 3.38. The number of hydrogen-bond acceptors (Lipinski definition) is 6. The Morgan fingerprint density at radius 3 is 2.51 bits per heavy atom. The molecule has 3 aromatic rings. The average molecular weight is 539 g/mol. The molecule has 3 aliphatic heterocycles. The van der Waals surface area contributed by atoms with Crippen molar-refractivity contribution in [2.45, 2.75) is 50.4 Å². The van der Waals surface area contributed by atoms with Crippen LogP contribution in [0.25, 0.3) is 0 Å². The number of pyridine rings is 1. The number of likely N-dealkylation sites (tertiary alicyclic amines) is 1. The number of hydrogen-bond donors (Lipinski definition) is 0. The highest BCUT2D eigenvalue weighted by Gasteiger charge is 2.47. The Morgan fingerprint density at radius 2 is 1.90 bits per heavy atom. The Labute approximate surface area is 223 Å². The van der Waals surface area contributed by atoms with Gasteiger partial charge in [0.1, 0.15) is 23.7 Å². The minimum absolute atomic E-state index is 0.0437. The third kappa shape index (κ3) is 4.13. The second kappa shape index (κ2) is 8.59. The van der Waals surface area contributed by atoms with Gasteiger partial charge in [0.25, 0.3) is 5.91 Å². The lowest BCUT2D eigenvalue weighted by Gasteiger charge is -2.56. The highest BCUT2D eigenvalue weighted by molar-refractivity contribution is 6.09. The van der Waals surface area contributed by atoms with E-state index in [1.54, 1.807) is 12.4 Å². The van der Waals surface area contributed by atoms with Crippen LogP contribution in [0, 0.1) is 5.41 Å². The van der Waals surface area contributed by atoms with Crippen molar-refractivity contribution < 1.29 is 22.7 Å². The molecule has 0 radical (unpaired) electrons. The first kappa shape index (κ1) is 24.7. The van der Waals surface area contributed by atoms with Gasteiger partial charge in [-0.3, -0.25) is 14.6 Å². The van der Waals surface area contributed by atoms with E-state index in [1.165, 1.54) is 24.2 Å². The Balaban J connectivity index is 1.16. The van der Waals surface area contributed by atoms with Crippen LogP contribution in [0.4, 0.5) is 19.0 Å².